The van der Waals surface area contributed by atoms with Crippen LogP contribution in [0.4, 0.5) is 5.69 Å². The Morgan fingerprint density at radius 2 is 1.81 bits per heavy atom. The Labute approximate surface area is 157 Å². The maximum atomic E-state index is 13.2. The predicted octanol–water partition coefficient (Wildman–Crippen LogP) is 3.36. The number of amides is 1. The first-order valence-corrected chi connectivity index (χ1v) is 8.55. The third kappa shape index (κ3) is 3.60. The summed E-state index contributed by atoms with van der Waals surface area (Å²) in [6.45, 7) is 3.70. The average molecular weight is 364 g/mol. The van der Waals surface area contributed by atoms with Crippen LogP contribution >= 0.6 is 0 Å². The molecule has 2 heterocycles. The van der Waals surface area contributed by atoms with E-state index in [2.05, 4.69) is 4.98 Å². The lowest BCUT2D eigenvalue weighted by Gasteiger charge is -2.18. The SMILES string of the molecule is CCOC(=O)C1=C(C)N(c2ccc(OC)cc2)C(=O)/C1=C\c1ccncc1. The molecule has 1 aliphatic rings. The van der Waals surface area contributed by atoms with Gasteiger partial charge in [0, 0.05) is 23.8 Å². The van der Waals surface area contributed by atoms with Gasteiger partial charge in [-0.2, -0.15) is 0 Å². The summed E-state index contributed by atoms with van der Waals surface area (Å²) in [6.07, 6.45) is 4.95. The minimum atomic E-state index is -0.514. The van der Waals surface area contributed by atoms with Crippen LogP contribution < -0.4 is 9.64 Å². The molecular weight excluding hydrogens is 344 g/mol. The first kappa shape index (κ1) is 18.4. The smallest absolute Gasteiger partial charge is 0.340 e. The minimum Gasteiger partial charge on any atom is -0.497 e. The highest BCUT2D eigenvalue weighted by molar-refractivity contribution is 6.23. The van der Waals surface area contributed by atoms with E-state index in [1.54, 1.807) is 75.8 Å². The second-order valence-electron chi connectivity index (χ2n) is 5.86. The maximum Gasteiger partial charge on any atom is 0.340 e. The van der Waals surface area contributed by atoms with Crippen LogP contribution in [-0.4, -0.2) is 30.6 Å². The largest absolute Gasteiger partial charge is 0.497 e. The van der Waals surface area contributed by atoms with Crippen molar-refractivity contribution in [3.05, 3.63) is 71.2 Å². The van der Waals surface area contributed by atoms with Gasteiger partial charge in [0.2, 0.25) is 0 Å². The molecule has 6 nitrogen and oxygen atoms in total. The van der Waals surface area contributed by atoms with Crippen molar-refractivity contribution in [2.45, 2.75) is 13.8 Å². The molecule has 0 radical (unpaired) electrons. The van der Waals surface area contributed by atoms with Crippen molar-refractivity contribution in [3.63, 3.8) is 0 Å². The molecule has 3 rings (SSSR count). The van der Waals surface area contributed by atoms with E-state index in [1.165, 1.54) is 4.90 Å². The van der Waals surface area contributed by atoms with E-state index >= 15 is 0 Å². The van der Waals surface area contributed by atoms with Gasteiger partial charge in [0.1, 0.15) is 5.75 Å². The number of rotatable bonds is 5. The number of methoxy groups -OCH3 is 1. The molecule has 138 valence electrons. The number of ether oxygens (including phenoxy) is 2. The Bertz CT molecular complexity index is 915. The van der Waals surface area contributed by atoms with Gasteiger partial charge in [0.05, 0.1) is 24.9 Å². The molecule has 0 spiro atoms. The monoisotopic (exact) mass is 364 g/mol. The van der Waals surface area contributed by atoms with E-state index in [4.69, 9.17) is 9.47 Å². The van der Waals surface area contributed by atoms with Gasteiger partial charge in [-0.25, -0.2) is 4.79 Å². The Morgan fingerprint density at radius 1 is 1.15 bits per heavy atom. The molecule has 0 atom stereocenters. The molecule has 0 fully saturated rings. The molecule has 0 aliphatic carbocycles. The highest BCUT2D eigenvalue weighted by Gasteiger charge is 2.38. The van der Waals surface area contributed by atoms with Crippen LogP contribution in [0.1, 0.15) is 19.4 Å². The fourth-order valence-electron chi connectivity index (χ4n) is 2.95. The second-order valence-corrected chi connectivity index (χ2v) is 5.86. The maximum absolute atomic E-state index is 13.2. The van der Waals surface area contributed by atoms with Crippen LogP contribution in [-0.2, 0) is 14.3 Å². The summed E-state index contributed by atoms with van der Waals surface area (Å²) < 4.78 is 10.4. The summed E-state index contributed by atoms with van der Waals surface area (Å²) in [4.78, 5) is 31.2. The molecule has 1 aliphatic heterocycles. The van der Waals surface area contributed by atoms with Gasteiger partial charge in [0.15, 0.2) is 0 Å². The standard InChI is InChI=1S/C21H20N2O4/c1-4-27-21(25)19-14(2)23(16-5-7-17(26-3)8-6-16)20(24)18(19)13-15-9-11-22-12-10-15/h5-13H,4H2,1-3H3/b18-13-. The number of hydrogen-bond donors (Lipinski definition) is 0. The minimum absolute atomic E-state index is 0.231. The van der Waals surface area contributed by atoms with E-state index in [0.29, 0.717) is 22.7 Å². The molecule has 1 amide bonds. The highest BCUT2D eigenvalue weighted by Crippen LogP contribution is 2.36. The third-order valence-electron chi connectivity index (χ3n) is 4.23. The summed E-state index contributed by atoms with van der Waals surface area (Å²) in [6, 6.07) is 10.6. The van der Waals surface area contributed by atoms with E-state index in [-0.39, 0.29) is 18.1 Å². The van der Waals surface area contributed by atoms with Crippen molar-refractivity contribution in [2.75, 3.05) is 18.6 Å². The first-order valence-electron chi connectivity index (χ1n) is 8.55. The second kappa shape index (κ2) is 7.86. The Kier molecular flexibility index (Phi) is 5.35. The molecular formula is C21H20N2O4. The number of esters is 1. The van der Waals surface area contributed by atoms with Gasteiger partial charge < -0.3 is 9.47 Å². The van der Waals surface area contributed by atoms with Crippen LogP contribution in [0.2, 0.25) is 0 Å². The Hall–Kier alpha value is -3.41. The van der Waals surface area contributed by atoms with Crippen LogP contribution in [0.15, 0.2) is 65.6 Å². The number of carbonyl (C=O) groups is 2. The number of benzene rings is 1. The van der Waals surface area contributed by atoms with Crippen molar-refractivity contribution in [2.24, 2.45) is 0 Å². The first-order chi connectivity index (χ1) is 13.1. The number of nitrogens with zero attached hydrogens (tertiary/aromatic N) is 2. The van der Waals surface area contributed by atoms with Gasteiger partial charge in [-0.1, -0.05) is 0 Å². The summed E-state index contributed by atoms with van der Waals surface area (Å²) >= 11 is 0. The van der Waals surface area contributed by atoms with Gasteiger partial charge in [-0.15, -0.1) is 0 Å². The van der Waals surface area contributed by atoms with Crippen LogP contribution in [0, 0.1) is 0 Å². The van der Waals surface area contributed by atoms with Crippen LogP contribution in [0.25, 0.3) is 6.08 Å². The van der Waals surface area contributed by atoms with Gasteiger partial charge in [-0.05, 0) is 61.9 Å². The number of anilines is 1. The number of aromatic nitrogens is 1. The molecule has 0 saturated heterocycles. The molecule has 0 saturated carbocycles. The molecule has 1 aromatic carbocycles. The van der Waals surface area contributed by atoms with Crippen LogP contribution in [0.3, 0.4) is 0 Å². The Morgan fingerprint density at radius 3 is 2.41 bits per heavy atom. The lowest BCUT2D eigenvalue weighted by atomic mass is 10.0. The summed E-state index contributed by atoms with van der Waals surface area (Å²) in [5.74, 6) is -0.109. The number of allylic oxidation sites excluding steroid dienone is 1. The molecule has 0 unspecified atom stereocenters. The third-order valence-corrected chi connectivity index (χ3v) is 4.23. The fraction of sp³-hybridized carbons (Fsp3) is 0.190. The van der Waals surface area contributed by atoms with E-state index < -0.39 is 5.97 Å². The number of hydrogen-bond acceptors (Lipinski definition) is 5. The quantitative estimate of drug-likeness (QED) is 0.601. The molecule has 0 N–H and O–H groups in total. The van der Waals surface area contributed by atoms with Crippen molar-refractivity contribution >= 4 is 23.6 Å². The van der Waals surface area contributed by atoms with E-state index in [0.717, 1.165) is 5.56 Å². The normalized spacial score (nSPS) is 15.4. The lowest BCUT2D eigenvalue weighted by molar-refractivity contribution is -0.138. The summed E-state index contributed by atoms with van der Waals surface area (Å²) in [5, 5.41) is 0. The zero-order valence-corrected chi connectivity index (χ0v) is 15.4. The topological polar surface area (TPSA) is 68.7 Å². The summed E-state index contributed by atoms with van der Waals surface area (Å²) in [7, 11) is 1.58. The van der Waals surface area contributed by atoms with Crippen LogP contribution in [0.5, 0.6) is 5.75 Å². The van der Waals surface area contributed by atoms with Gasteiger partial charge in [0.25, 0.3) is 5.91 Å². The van der Waals surface area contributed by atoms with E-state index in [1.807, 2.05) is 0 Å². The molecule has 0 bridgehead atoms. The average Bonchev–Trinajstić information content (AvgIpc) is 2.93. The van der Waals surface area contributed by atoms with Crippen molar-refractivity contribution in [1.82, 2.24) is 4.98 Å². The predicted molar refractivity (Wildman–Crippen MR) is 102 cm³/mol. The molecule has 2 aromatic rings. The Balaban J connectivity index is 2.09. The number of pyridine rings is 1. The van der Waals surface area contributed by atoms with Crippen molar-refractivity contribution < 1.29 is 19.1 Å². The molecule has 27 heavy (non-hydrogen) atoms. The summed E-state index contributed by atoms with van der Waals surface area (Å²) in [5.41, 5.74) is 2.53. The zero-order chi connectivity index (χ0) is 19.4. The van der Waals surface area contributed by atoms with Crippen molar-refractivity contribution in [3.8, 4) is 5.75 Å². The van der Waals surface area contributed by atoms with E-state index in [9.17, 15) is 9.59 Å². The highest BCUT2D eigenvalue weighted by atomic mass is 16.5. The number of carbonyl (C=O) groups excluding carboxylic acids is 2. The van der Waals surface area contributed by atoms with Gasteiger partial charge >= 0.3 is 5.97 Å². The van der Waals surface area contributed by atoms with Gasteiger partial charge in [-0.3, -0.25) is 14.7 Å². The molecule has 1 aromatic heterocycles. The molecule has 6 heteroatoms. The lowest BCUT2D eigenvalue weighted by Crippen LogP contribution is -2.24. The van der Waals surface area contributed by atoms with Crippen molar-refractivity contribution in [1.29, 1.82) is 0 Å². The fourth-order valence-corrected chi connectivity index (χ4v) is 2.95. The zero-order valence-electron chi connectivity index (χ0n) is 15.4.